The fourth-order valence-corrected chi connectivity index (χ4v) is 2.78. The van der Waals surface area contributed by atoms with Gasteiger partial charge in [0, 0.05) is 36.8 Å². The first-order valence-electron chi connectivity index (χ1n) is 9.35. The van der Waals surface area contributed by atoms with Crippen molar-refractivity contribution in [2.75, 3.05) is 5.32 Å². The third-order valence-electron chi connectivity index (χ3n) is 4.29. The van der Waals surface area contributed by atoms with Crippen molar-refractivity contribution < 1.29 is 9.53 Å². The van der Waals surface area contributed by atoms with Crippen LogP contribution in [0.4, 0.5) is 10.5 Å². The largest absolute Gasteiger partial charge is 0.439 e. The Bertz CT molecular complexity index is 1110. The summed E-state index contributed by atoms with van der Waals surface area (Å²) in [7, 11) is 0. The van der Waals surface area contributed by atoms with Gasteiger partial charge in [-0.05, 0) is 31.2 Å². The Kier molecular flexibility index (Phi) is 5.66. The van der Waals surface area contributed by atoms with Crippen molar-refractivity contribution in [3.05, 3.63) is 90.8 Å². The summed E-state index contributed by atoms with van der Waals surface area (Å²) in [4.78, 5) is 24.9. The van der Waals surface area contributed by atoms with E-state index in [4.69, 9.17) is 4.74 Å². The lowest BCUT2D eigenvalue weighted by Gasteiger charge is -2.11. The number of carbonyl (C=O) groups excluding carboxylic acids is 1. The molecule has 0 atom stereocenters. The monoisotopic (exact) mass is 400 g/mol. The number of imidazole rings is 1. The number of urea groups is 1. The number of nitrogens with one attached hydrogen (secondary N) is 2. The zero-order chi connectivity index (χ0) is 20.8. The van der Waals surface area contributed by atoms with E-state index in [9.17, 15) is 4.79 Å². The van der Waals surface area contributed by atoms with Crippen molar-refractivity contribution in [2.24, 2.45) is 0 Å². The molecule has 8 nitrogen and oxygen atoms in total. The van der Waals surface area contributed by atoms with Gasteiger partial charge in [0.15, 0.2) is 0 Å². The van der Waals surface area contributed by atoms with Gasteiger partial charge in [-0.15, -0.1) is 0 Å². The van der Waals surface area contributed by atoms with E-state index in [1.54, 1.807) is 47.8 Å². The van der Waals surface area contributed by atoms with Crippen molar-refractivity contribution in [1.82, 2.24) is 24.8 Å². The molecule has 0 fully saturated rings. The smallest absolute Gasteiger partial charge is 0.319 e. The Hall–Kier alpha value is -4.20. The summed E-state index contributed by atoms with van der Waals surface area (Å²) in [6, 6.07) is 14.5. The molecular formula is C22H20N6O2. The molecule has 3 heterocycles. The fourth-order valence-electron chi connectivity index (χ4n) is 2.78. The molecule has 2 amide bonds. The van der Waals surface area contributed by atoms with E-state index in [-0.39, 0.29) is 6.03 Å². The Morgan fingerprint density at radius 1 is 1.07 bits per heavy atom. The number of hydrogen-bond acceptors (Lipinski definition) is 5. The maximum absolute atomic E-state index is 12.3. The highest BCUT2D eigenvalue weighted by Gasteiger charge is 2.08. The van der Waals surface area contributed by atoms with E-state index in [0.717, 1.165) is 16.9 Å². The number of nitrogens with zero attached hydrogens (tertiary/aromatic N) is 4. The van der Waals surface area contributed by atoms with Crippen LogP contribution in [0.2, 0.25) is 0 Å². The van der Waals surface area contributed by atoms with Gasteiger partial charge in [-0.25, -0.2) is 19.7 Å². The van der Waals surface area contributed by atoms with Gasteiger partial charge in [-0.3, -0.25) is 4.57 Å². The van der Waals surface area contributed by atoms with E-state index in [1.807, 2.05) is 43.3 Å². The van der Waals surface area contributed by atoms with Crippen molar-refractivity contribution in [2.45, 2.75) is 13.5 Å². The van der Waals surface area contributed by atoms with Crippen LogP contribution in [0.25, 0.3) is 5.82 Å². The van der Waals surface area contributed by atoms with Gasteiger partial charge in [0.05, 0.1) is 11.9 Å². The van der Waals surface area contributed by atoms with Crippen molar-refractivity contribution in [3.8, 4) is 17.4 Å². The Morgan fingerprint density at radius 3 is 2.67 bits per heavy atom. The number of anilines is 1. The molecule has 0 radical (unpaired) electrons. The highest BCUT2D eigenvalue weighted by atomic mass is 16.5. The SMILES string of the molecule is Cc1ccc(Oc2ccc(NC(=O)NCc3cccnc3-n3ccnc3)cn2)cc1. The average Bonchev–Trinajstić information content (AvgIpc) is 3.30. The van der Waals surface area contributed by atoms with Crippen molar-refractivity contribution in [1.29, 1.82) is 0 Å². The molecule has 4 aromatic rings. The summed E-state index contributed by atoms with van der Waals surface area (Å²) in [6.45, 7) is 2.33. The Labute approximate surface area is 173 Å². The first-order valence-corrected chi connectivity index (χ1v) is 9.35. The molecule has 0 aliphatic heterocycles. The quantitative estimate of drug-likeness (QED) is 0.509. The van der Waals surface area contributed by atoms with Crippen LogP contribution in [-0.2, 0) is 6.54 Å². The maximum atomic E-state index is 12.3. The minimum absolute atomic E-state index is 0.315. The first kappa shape index (κ1) is 19.1. The fraction of sp³-hybridized carbons (Fsp3) is 0.0909. The van der Waals surface area contributed by atoms with Crippen LogP contribution in [0.15, 0.2) is 79.6 Å². The van der Waals surface area contributed by atoms with Gasteiger partial charge >= 0.3 is 6.03 Å². The second-order valence-electron chi connectivity index (χ2n) is 6.56. The number of carbonyl (C=O) groups is 1. The van der Waals surface area contributed by atoms with Gasteiger partial charge in [-0.2, -0.15) is 0 Å². The van der Waals surface area contributed by atoms with Crippen LogP contribution in [0.1, 0.15) is 11.1 Å². The highest BCUT2D eigenvalue weighted by Crippen LogP contribution is 2.20. The van der Waals surface area contributed by atoms with Crippen LogP contribution in [0.5, 0.6) is 11.6 Å². The predicted molar refractivity (Wildman–Crippen MR) is 113 cm³/mol. The van der Waals surface area contributed by atoms with Crippen molar-refractivity contribution in [3.63, 3.8) is 0 Å². The Balaban J connectivity index is 1.33. The second kappa shape index (κ2) is 8.87. The van der Waals surface area contributed by atoms with Gasteiger partial charge in [0.1, 0.15) is 17.9 Å². The lowest BCUT2D eigenvalue weighted by atomic mass is 10.2. The molecule has 0 unspecified atom stereocenters. The molecule has 30 heavy (non-hydrogen) atoms. The summed E-state index contributed by atoms with van der Waals surface area (Å²) >= 11 is 0. The van der Waals surface area contributed by atoms with E-state index in [0.29, 0.717) is 23.9 Å². The highest BCUT2D eigenvalue weighted by molar-refractivity contribution is 5.89. The van der Waals surface area contributed by atoms with E-state index in [2.05, 4.69) is 25.6 Å². The number of rotatable bonds is 6. The van der Waals surface area contributed by atoms with E-state index >= 15 is 0 Å². The second-order valence-corrected chi connectivity index (χ2v) is 6.56. The van der Waals surface area contributed by atoms with Crippen LogP contribution >= 0.6 is 0 Å². The van der Waals surface area contributed by atoms with Crippen LogP contribution in [-0.4, -0.2) is 25.6 Å². The summed E-state index contributed by atoms with van der Waals surface area (Å²) in [6.07, 6.45) is 8.39. The molecule has 8 heteroatoms. The van der Waals surface area contributed by atoms with Gasteiger partial charge < -0.3 is 15.4 Å². The Morgan fingerprint density at radius 2 is 1.93 bits per heavy atom. The van der Waals surface area contributed by atoms with Crippen LogP contribution in [0.3, 0.4) is 0 Å². The molecule has 4 rings (SSSR count). The maximum Gasteiger partial charge on any atom is 0.319 e. The van der Waals surface area contributed by atoms with E-state index in [1.165, 1.54) is 0 Å². The molecule has 0 aliphatic rings. The minimum atomic E-state index is -0.343. The summed E-state index contributed by atoms with van der Waals surface area (Å²) in [5.41, 5.74) is 2.58. The predicted octanol–water partition coefficient (Wildman–Crippen LogP) is 4.08. The molecular weight excluding hydrogens is 380 g/mol. The number of ether oxygens (including phenoxy) is 1. The van der Waals surface area contributed by atoms with E-state index < -0.39 is 0 Å². The molecule has 0 saturated carbocycles. The zero-order valence-corrected chi connectivity index (χ0v) is 16.3. The number of benzene rings is 1. The molecule has 1 aromatic carbocycles. The molecule has 0 aliphatic carbocycles. The van der Waals surface area contributed by atoms with Gasteiger partial charge in [0.25, 0.3) is 0 Å². The molecule has 0 bridgehead atoms. The lowest BCUT2D eigenvalue weighted by Crippen LogP contribution is -2.28. The zero-order valence-electron chi connectivity index (χ0n) is 16.3. The number of amides is 2. The van der Waals surface area contributed by atoms with Gasteiger partial charge in [-0.1, -0.05) is 23.8 Å². The van der Waals surface area contributed by atoms with Crippen molar-refractivity contribution >= 4 is 11.7 Å². The average molecular weight is 400 g/mol. The molecule has 2 N–H and O–H groups in total. The summed E-state index contributed by atoms with van der Waals surface area (Å²) < 4.78 is 7.49. The summed E-state index contributed by atoms with van der Waals surface area (Å²) in [5.74, 6) is 1.87. The number of aryl methyl sites for hydroxylation is 1. The van der Waals surface area contributed by atoms with Gasteiger partial charge in [0.2, 0.25) is 5.88 Å². The topological polar surface area (TPSA) is 94.0 Å². The number of hydrogen-bond donors (Lipinski definition) is 2. The molecule has 150 valence electrons. The third kappa shape index (κ3) is 4.79. The normalized spacial score (nSPS) is 10.4. The lowest BCUT2D eigenvalue weighted by molar-refractivity contribution is 0.251. The van der Waals surface area contributed by atoms with Crippen LogP contribution < -0.4 is 15.4 Å². The molecule has 0 saturated heterocycles. The number of aromatic nitrogens is 4. The minimum Gasteiger partial charge on any atom is -0.439 e. The molecule has 3 aromatic heterocycles. The molecule has 0 spiro atoms. The third-order valence-corrected chi connectivity index (χ3v) is 4.29. The first-order chi connectivity index (χ1) is 14.7. The standard InChI is InChI=1S/C22H20N6O2/c1-16-4-7-19(8-5-16)30-20-9-6-18(14-25-20)27-22(29)26-13-17-3-2-10-24-21(17)28-12-11-23-15-28/h2-12,14-15H,13H2,1H3,(H2,26,27,29). The van der Waals surface area contributed by atoms with Crippen LogP contribution in [0, 0.1) is 6.92 Å². The number of pyridine rings is 2. The summed E-state index contributed by atoms with van der Waals surface area (Å²) in [5, 5.41) is 5.58.